The van der Waals surface area contributed by atoms with Crippen molar-refractivity contribution in [2.75, 3.05) is 6.61 Å². The highest BCUT2D eigenvalue weighted by Gasteiger charge is 2.02. The van der Waals surface area contributed by atoms with Gasteiger partial charge in [-0.25, -0.2) is 4.18 Å². The van der Waals surface area contributed by atoms with Crippen molar-refractivity contribution in [2.24, 2.45) is 0 Å². The van der Waals surface area contributed by atoms with Crippen molar-refractivity contribution in [1.82, 2.24) is 0 Å². The Morgan fingerprint density at radius 3 is 1.20 bits per heavy atom. The zero-order valence-electron chi connectivity index (χ0n) is 15.6. The van der Waals surface area contributed by atoms with E-state index in [1.54, 1.807) is 0 Å². The molecule has 3 N–H and O–H groups in total. The van der Waals surface area contributed by atoms with Crippen LogP contribution in [-0.2, 0) is 14.6 Å². The molecule has 0 fully saturated rings. The third-order valence-electron chi connectivity index (χ3n) is 4.23. The summed E-state index contributed by atoms with van der Waals surface area (Å²) in [6.45, 7) is 2.36. The van der Waals surface area contributed by atoms with Gasteiger partial charge >= 0.3 is 10.4 Å². The first-order chi connectivity index (χ1) is 11.1. The van der Waals surface area contributed by atoms with Crippen LogP contribution >= 0.6 is 0 Å². The molecule has 0 aromatic heterocycles. The van der Waals surface area contributed by atoms with E-state index in [1.165, 1.54) is 83.5 Å². The minimum atomic E-state index is -4.24. The maximum atomic E-state index is 10.3. The normalized spacial score (nSPS) is 11.0. The smallest absolute Gasteiger partial charge is 0.397 e. The molecule has 7 heteroatoms. The van der Waals surface area contributed by atoms with Crippen LogP contribution in [0.1, 0.15) is 110 Å². The summed E-state index contributed by atoms with van der Waals surface area (Å²) in [5.74, 6) is 0. The van der Waals surface area contributed by atoms with Gasteiger partial charge in [0.1, 0.15) is 0 Å². The average molecular weight is 399 g/mol. The van der Waals surface area contributed by atoms with E-state index in [0.717, 1.165) is 12.8 Å². The second kappa shape index (κ2) is 22.4. The van der Waals surface area contributed by atoms with E-state index in [1.807, 2.05) is 0 Å². The summed E-state index contributed by atoms with van der Waals surface area (Å²) in [5.41, 5.74) is 0. The molecule has 0 aromatic carbocycles. The van der Waals surface area contributed by atoms with E-state index >= 15 is 0 Å². The van der Waals surface area contributed by atoms with E-state index in [4.69, 9.17) is 4.55 Å². The summed E-state index contributed by atoms with van der Waals surface area (Å²) < 4.78 is 33.3. The Balaban J connectivity index is -0.00000242. The summed E-state index contributed by atoms with van der Waals surface area (Å²) in [4.78, 5) is 0. The molecule has 5 nitrogen and oxygen atoms in total. The Bertz CT molecular complexity index is 336. The van der Waals surface area contributed by atoms with Gasteiger partial charge < -0.3 is 5.48 Å². The van der Waals surface area contributed by atoms with Crippen molar-refractivity contribution < 1.29 is 22.6 Å². The Morgan fingerprint density at radius 1 is 0.640 bits per heavy atom. The summed E-state index contributed by atoms with van der Waals surface area (Å²) in [5, 5.41) is 0. The molecular weight excluding hydrogens is 355 g/mol. The molecule has 0 heterocycles. The van der Waals surface area contributed by atoms with Crippen LogP contribution in [0.15, 0.2) is 0 Å². The van der Waals surface area contributed by atoms with E-state index in [-0.39, 0.29) is 29.4 Å². The molecule has 0 aromatic rings. The number of rotatable bonds is 18. The number of hydrogen-bond donors (Lipinski definition) is 1. The molecule has 0 spiro atoms. The highest BCUT2D eigenvalue weighted by Crippen LogP contribution is 2.13. The summed E-state index contributed by atoms with van der Waals surface area (Å²) >= 11 is 0. The van der Waals surface area contributed by atoms with Gasteiger partial charge in [0.05, 0.1) is 6.61 Å². The Hall–Kier alpha value is 0.362. The SMILES string of the molecule is CCCCCCCCCCCCCCCCCCOS(=O)(=O)O.O.[AlH3]. The quantitative estimate of drug-likeness (QED) is 0.214. The fraction of sp³-hybridized carbons (Fsp3) is 1.00. The molecular formula is C18H43AlO5S. The molecule has 0 amide bonds. The minimum Gasteiger partial charge on any atom is -0.412 e. The monoisotopic (exact) mass is 398 g/mol. The zero-order valence-corrected chi connectivity index (χ0v) is 16.4. The number of hydrogen-bond acceptors (Lipinski definition) is 3. The summed E-state index contributed by atoms with van der Waals surface area (Å²) in [6.07, 6.45) is 20.5. The Labute approximate surface area is 166 Å². The number of unbranched alkanes of at least 4 members (excludes halogenated alkanes) is 15. The van der Waals surface area contributed by atoms with E-state index in [9.17, 15) is 8.42 Å². The van der Waals surface area contributed by atoms with E-state index in [0.29, 0.717) is 6.42 Å². The van der Waals surface area contributed by atoms with Gasteiger partial charge in [0.2, 0.25) is 0 Å². The maximum Gasteiger partial charge on any atom is 0.397 e. The second-order valence-electron chi connectivity index (χ2n) is 6.55. The molecule has 0 radical (unpaired) electrons. The third kappa shape index (κ3) is 29.4. The first-order valence-electron chi connectivity index (χ1n) is 9.68. The van der Waals surface area contributed by atoms with Gasteiger partial charge in [0, 0.05) is 0 Å². The molecule has 25 heavy (non-hydrogen) atoms. The molecule has 0 bridgehead atoms. The Kier molecular flexibility index (Phi) is 27.0. The van der Waals surface area contributed by atoms with Crippen molar-refractivity contribution in [1.29, 1.82) is 0 Å². The van der Waals surface area contributed by atoms with Crippen LogP contribution in [-0.4, -0.2) is 42.4 Å². The van der Waals surface area contributed by atoms with Crippen LogP contribution in [0, 0.1) is 0 Å². The van der Waals surface area contributed by atoms with Crippen LogP contribution in [0.4, 0.5) is 0 Å². The van der Waals surface area contributed by atoms with Gasteiger partial charge in [-0.3, -0.25) is 4.55 Å². The van der Waals surface area contributed by atoms with Crippen molar-refractivity contribution >= 4 is 27.8 Å². The second-order valence-corrected chi connectivity index (χ2v) is 7.64. The predicted molar refractivity (Wildman–Crippen MR) is 111 cm³/mol. The van der Waals surface area contributed by atoms with Gasteiger partial charge in [-0.15, -0.1) is 0 Å². The molecule has 0 aliphatic rings. The van der Waals surface area contributed by atoms with Gasteiger partial charge in [0.15, 0.2) is 17.4 Å². The highest BCUT2D eigenvalue weighted by molar-refractivity contribution is 7.80. The van der Waals surface area contributed by atoms with E-state index in [2.05, 4.69) is 11.1 Å². The lowest BCUT2D eigenvalue weighted by Crippen LogP contribution is -2.04. The zero-order chi connectivity index (χ0) is 17.2. The molecule has 0 unspecified atom stereocenters. The Morgan fingerprint density at radius 2 is 0.920 bits per heavy atom. The van der Waals surface area contributed by atoms with Crippen LogP contribution in [0.3, 0.4) is 0 Å². The van der Waals surface area contributed by atoms with Crippen molar-refractivity contribution in [3.05, 3.63) is 0 Å². The first-order valence-corrected chi connectivity index (χ1v) is 11.0. The first kappa shape index (κ1) is 30.1. The van der Waals surface area contributed by atoms with E-state index < -0.39 is 10.4 Å². The van der Waals surface area contributed by atoms with Crippen molar-refractivity contribution in [3.63, 3.8) is 0 Å². The molecule has 0 saturated carbocycles. The van der Waals surface area contributed by atoms with Crippen LogP contribution in [0.5, 0.6) is 0 Å². The fourth-order valence-electron chi connectivity index (χ4n) is 2.81. The summed E-state index contributed by atoms with van der Waals surface area (Å²) in [7, 11) is -4.24. The lowest BCUT2D eigenvalue weighted by molar-refractivity contribution is 0.261. The predicted octanol–water partition coefficient (Wildman–Crippen LogP) is 4.06. The summed E-state index contributed by atoms with van der Waals surface area (Å²) in [6, 6.07) is 0. The molecule has 0 saturated heterocycles. The molecule has 154 valence electrons. The molecule has 0 atom stereocenters. The average Bonchev–Trinajstić information content (AvgIpc) is 2.49. The highest BCUT2D eigenvalue weighted by atomic mass is 32.3. The standard InChI is InChI=1S/C18H38O4S.Al.H2O.3H/c1-2-3-4-5-6-7-8-9-10-11-12-13-14-15-16-17-18-22-23(19,20)21;;;;;/h2-18H2,1H3,(H,19,20,21);;1H2;;;. The lowest BCUT2D eigenvalue weighted by Gasteiger charge is -2.03. The van der Waals surface area contributed by atoms with Gasteiger partial charge in [-0.1, -0.05) is 103 Å². The maximum absolute atomic E-state index is 10.3. The third-order valence-corrected chi connectivity index (χ3v) is 4.69. The van der Waals surface area contributed by atoms with Crippen LogP contribution in [0.2, 0.25) is 0 Å². The van der Waals surface area contributed by atoms with Crippen LogP contribution in [0.25, 0.3) is 0 Å². The topological polar surface area (TPSA) is 95.1 Å². The lowest BCUT2D eigenvalue weighted by atomic mass is 10.0. The van der Waals surface area contributed by atoms with Crippen molar-refractivity contribution in [3.8, 4) is 0 Å². The van der Waals surface area contributed by atoms with Gasteiger partial charge in [-0.05, 0) is 6.42 Å². The van der Waals surface area contributed by atoms with Gasteiger partial charge in [-0.2, -0.15) is 8.42 Å². The molecule has 0 aliphatic heterocycles. The van der Waals surface area contributed by atoms with Crippen molar-refractivity contribution in [2.45, 2.75) is 110 Å². The van der Waals surface area contributed by atoms with Crippen LogP contribution < -0.4 is 0 Å². The molecule has 0 aliphatic carbocycles. The minimum absolute atomic E-state index is 0. The fourth-order valence-corrected chi connectivity index (χ4v) is 3.14. The largest absolute Gasteiger partial charge is 0.412 e. The van der Waals surface area contributed by atoms with Gasteiger partial charge in [0.25, 0.3) is 0 Å². The molecule has 0 rings (SSSR count).